The number of hydrogen-bond acceptors (Lipinski definition) is 5. The van der Waals surface area contributed by atoms with Gasteiger partial charge < -0.3 is 5.73 Å². The maximum absolute atomic E-state index is 5.89. The normalized spacial score (nSPS) is 16.3. The molecule has 4 nitrogen and oxygen atoms in total. The Labute approximate surface area is 114 Å². The van der Waals surface area contributed by atoms with E-state index in [0.29, 0.717) is 21.9 Å². The first-order valence-corrected chi connectivity index (χ1v) is 7.18. The van der Waals surface area contributed by atoms with Gasteiger partial charge in [-0.2, -0.15) is 0 Å². The second kappa shape index (κ2) is 4.82. The van der Waals surface area contributed by atoms with Crippen LogP contribution < -0.4 is 5.73 Å². The van der Waals surface area contributed by atoms with Crippen LogP contribution in [0.3, 0.4) is 0 Å². The Morgan fingerprint density at radius 1 is 1.28 bits per heavy atom. The molecule has 2 aromatic heterocycles. The van der Waals surface area contributed by atoms with E-state index >= 15 is 0 Å². The quantitative estimate of drug-likeness (QED) is 0.914. The van der Waals surface area contributed by atoms with Crippen molar-refractivity contribution in [3.8, 4) is 10.8 Å². The van der Waals surface area contributed by atoms with Crippen molar-refractivity contribution >= 4 is 28.8 Å². The zero-order valence-corrected chi connectivity index (χ0v) is 11.3. The summed E-state index contributed by atoms with van der Waals surface area (Å²) in [4.78, 5) is 13.0. The van der Waals surface area contributed by atoms with Gasteiger partial charge in [-0.25, -0.2) is 15.0 Å². The molecular formula is C12H13ClN4S. The lowest BCUT2D eigenvalue weighted by Gasteiger charge is -2.09. The van der Waals surface area contributed by atoms with Crippen molar-refractivity contribution in [2.24, 2.45) is 0 Å². The van der Waals surface area contributed by atoms with Crippen molar-refractivity contribution in [3.05, 3.63) is 22.3 Å². The first-order chi connectivity index (χ1) is 8.72. The molecule has 1 aliphatic rings. The van der Waals surface area contributed by atoms with Crippen LogP contribution in [-0.2, 0) is 0 Å². The summed E-state index contributed by atoms with van der Waals surface area (Å²) in [6.45, 7) is 0. The number of hydrogen-bond donors (Lipinski definition) is 1. The molecule has 0 spiro atoms. The monoisotopic (exact) mass is 280 g/mol. The molecule has 18 heavy (non-hydrogen) atoms. The number of nitrogens with two attached hydrogens (primary N) is 1. The molecule has 0 bridgehead atoms. The highest BCUT2D eigenvalue weighted by Gasteiger charge is 2.20. The maximum atomic E-state index is 5.89. The van der Waals surface area contributed by atoms with Gasteiger partial charge in [0, 0.05) is 17.7 Å². The highest BCUT2D eigenvalue weighted by Crippen LogP contribution is 2.35. The van der Waals surface area contributed by atoms with Crippen LogP contribution in [0.25, 0.3) is 10.8 Å². The average molecular weight is 281 g/mol. The van der Waals surface area contributed by atoms with Gasteiger partial charge in [-0.05, 0) is 12.8 Å². The van der Waals surface area contributed by atoms with E-state index in [1.165, 1.54) is 37.0 Å². The number of aromatic nitrogens is 3. The van der Waals surface area contributed by atoms with Gasteiger partial charge in [0.25, 0.3) is 0 Å². The minimum Gasteiger partial charge on any atom is -0.384 e. The largest absolute Gasteiger partial charge is 0.384 e. The van der Waals surface area contributed by atoms with Gasteiger partial charge in [-0.3, -0.25) is 0 Å². The van der Waals surface area contributed by atoms with Gasteiger partial charge in [-0.1, -0.05) is 35.8 Å². The molecule has 0 aliphatic heterocycles. The summed E-state index contributed by atoms with van der Waals surface area (Å²) in [7, 11) is 0. The lowest BCUT2D eigenvalue weighted by molar-refractivity contribution is 0.696. The smallest absolute Gasteiger partial charge is 0.190 e. The summed E-state index contributed by atoms with van der Waals surface area (Å²) in [6.07, 6.45) is 6.53. The molecule has 0 saturated heterocycles. The molecule has 1 aliphatic carbocycles. The molecule has 6 heteroatoms. The second-order valence-electron chi connectivity index (χ2n) is 4.49. The predicted molar refractivity (Wildman–Crippen MR) is 73.8 cm³/mol. The van der Waals surface area contributed by atoms with Gasteiger partial charge in [-0.15, -0.1) is 0 Å². The predicted octanol–water partition coefficient (Wildman–Crippen LogP) is 3.49. The molecule has 0 atom stereocenters. The number of thiazole rings is 1. The summed E-state index contributed by atoms with van der Waals surface area (Å²) in [6, 6.07) is 1.88. The first kappa shape index (κ1) is 11.9. The summed E-state index contributed by atoms with van der Waals surface area (Å²) in [5, 5.41) is 0.728. The first-order valence-electron chi connectivity index (χ1n) is 5.98. The number of halogens is 1. The van der Waals surface area contributed by atoms with E-state index in [-0.39, 0.29) is 0 Å². The lowest BCUT2D eigenvalue weighted by Crippen LogP contribution is -2.03. The highest BCUT2D eigenvalue weighted by atomic mass is 35.5. The van der Waals surface area contributed by atoms with Crippen LogP contribution in [-0.4, -0.2) is 15.0 Å². The maximum Gasteiger partial charge on any atom is 0.190 e. The van der Waals surface area contributed by atoms with Crippen LogP contribution in [0.15, 0.2) is 12.3 Å². The zero-order valence-electron chi connectivity index (χ0n) is 9.77. The van der Waals surface area contributed by atoms with E-state index in [9.17, 15) is 0 Å². The highest BCUT2D eigenvalue weighted by molar-refractivity contribution is 7.18. The molecule has 0 aromatic carbocycles. The van der Waals surface area contributed by atoms with E-state index in [2.05, 4.69) is 15.0 Å². The van der Waals surface area contributed by atoms with Gasteiger partial charge in [0.05, 0.1) is 6.20 Å². The molecule has 0 amide bonds. The van der Waals surface area contributed by atoms with Crippen molar-refractivity contribution in [1.29, 1.82) is 0 Å². The van der Waals surface area contributed by atoms with Crippen LogP contribution >= 0.6 is 22.9 Å². The molecular weight excluding hydrogens is 268 g/mol. The van der Waals surface area contributed by atoms with Crippen LogP contribution in [0.5, 0.6) is 0 Å². The fourth-order valence-electron chi connectivity index (χ4n) is 2.37. The lowest BCUT2D eigenvalue weighted by atomic mass is 10.0. The molecule has 0 unspecified atom stereocenters. The van der Waals surface area contributed by atoms with E-state index in [4.69, 9.17) is 17.3 Å². The van der Waals surface area contributed by atoms with Gasteiger partial charge in [0.1, 0.15) is 10.2 Å². The third-order valence-corrected chi connectivity index (χ3v) is 4.32. The van der Waals surface area contributed by atoms with Crippen molar-refractivity contribution in [2.75, 3.05) is 5.73 Å². The number of nitrogen functional groups attached to an aromatic ring is 1. The standard InChI is InChI=1S/C12H13ClN4S/c13-9-6-15-12(18-9)11-16-8(5-10(14)17-11)7-3-1-2-4-7/h5-7H,1-4H2,(H2,14,16,17). The Bertz CT molecular complexity index is 563. The molecule has 3 rings (SSSR count). The fraction of sp³-hybridized carbons (Fsp3) is 0.417. The molecule has 2 N–H and O–H groups in total. The number of nitrogens with zero attached hydrogens (tertiary/aromatic N) is 3. The third kappa shape index (κ3) is 2.33. The fourth-order valence-corrected chi connectivity index (χ4v) is 3.22. The Balaban J connectivity index is 1.99. The minimum absolute atomic E-state index is 0.508. The van der Waals surface area contributed by atoms with E-state index < -0.39 is 0 Å². The van der Waals surface area contributed by atoms with Crippen molar-refractivity contribution in [1.82, 2.24) is 15.0 Å². The summed E-state index contributed by atoms with van der Waals surface area (Å²) in [5.41, 5.74) is 6.91. The van der Waals surface area contributed by atoms with E-state index in [1.54, 1.807) is 6.20 Å². The summed E-state index contributed by atoms with van der Waals surface area (Å²) in [5.74, 6) is 1.62. The van der Waals surface area contributed by atoms with Crippen LogP contribution in [0, 0.1) is 0 Å². The Morgan fingerprint density at radius 3 is 2.72 bits per heavy atom. The SMILES string of the molecule is Nc1cc(C2CCCC2)nc(-c2ncc(Cl)s2)n1. The summed E-state index contributed by atoms with van der Waals surface area (Å²) < 4.78 is 0.637. The van der Waals surface area contributed by atoms with Crippen molar-refractivity contribution < 1.29 is 0 Å². The molecule has 2 heterocycles. The average Bonchev–Trinajstić information content (AvgIpc) is 2.98. The van der Waals surface area contributed by atoms with Crippen molar-refractivity contribution in [2.45, 2.75) is 31.6 Å². The molecule has 94 valence electrons. The molecule has 2 aromatic rings. The van der Waals surface area contributed by atoms with Gasteiger partial charge in [0.15, 0.2) is 10.8 Å². The Morgan fingerprint density at radius 2 is 2.06 bits per heavy atom. The molecule has 1 fully saturated rings. The van der Waals surface area contributed by atoms with Crippen molar-refractivity contribution in [3.63, 3.8) is 0 Å². The third-order valence-electron chi connectivity index (χ3n) is 3.21. The summed E-state index contributed by atoms with van der Waals surface area (Å²) >= 11 is 7.26. The number of anilines is 1. The zero-order chi connectivity index (χ0) is 12.5. The van der Waals surface area contributed by atoms with Crippen LogP contribution in [0.2, 0.25) is 4.34 Å². The van der Waals surface area contributed by atoms with Gasteiger partial charge in [0.2, 0.25) is 0 Å². The van der Waals surface area contributed by atoms with Crippen LogP contribution in [0.4, 0.5) is 5.82 Å². The van der Waals surface area contributed by atoms with E-state index in [1.807, 2.05) is 6.07 Å². The van der Waals surface area contributed by atoms with Gasteiger partial charge >= 0.3 is 0 Å². The molecule has 1 saturated carbocycles. The topological polar surface area (TPSA) is 64.7 Å². The van der Waals surface area contributed by atoms with Crippen LogP contribution in [0.1, 0.15) is 37.3 Å². The second-order valence-corrected chi connectivity index (χ2v) is 6.15. The molecule has 0 radical (unpaired) electrons. The number of rotatable bonds is 2. The minimum atomic E-state index is 0.508. The Kier molecular flexibility index (Phi) is 3.18. The Hall–Kier alpha value is -1.20. The van der Waals surface area contributed by atoms with E-state index in [0.717, 1.165) is 10.7 Å².